The molecule has 32 heavy (non-hydrogen) atoms. The second kappa shape index (κ2) is 9.77. The third-order valence-electron chi connectivity index (χ3n) is 5.29. The summed E-state index contributed by atoms with van der Waals surface area (Å²) < 4.78 is 0. The van der Waals surface area contributed by atoms with Gasteiger partial charge in [0.1, 0.15) is 11.9 Å². The number of rotatable bonds is 9. The summed E-state index contributed by atoms with van der Waals surface area (Å²) in [5, 5.41) is 20.4. The van der Waals surface area contributed by atoms with Crippen LogP contribution in [0, 0.1) is 0 Å². The Morgan fingerprint density at radius 3 is 2.62 bits per heavy atom. The summed E-state index contributed by atoms with van der Waals surface area (Å²) in [6.45, 7) is 2.03. The van der Waals surface area contributed by atoms with Gasteiger partial charge in [-0.15, -0.1) is 11.3 Å². The van der Waals surface area contributed by atoms with E-state index in [0.29, 0.717) is 10.7 Å². The second-order valence-corrected chi connectivity index (χ2v) is 8.61. The summed E-state index contributed by atoms with van der Waals surface area (Å²) in [5.74, 6) is -2.38. The highest BCUT2D eigenvalue weighted by atomic mass is 32.1. The van der Waals surface area contributed by atoms with Gasteiger partial charge in [0, 0.05) is 22.8 Å². The molecule has 0 spiro atoms. The number of carbonyl (C=O) groups is 3. The van der Waals surface area contributed by atoms with Crippen molar-refractivity contribution in [3.05, 3.63) is 39.2 Å². The standard InChI is InChI=1S/C21H25N5O5S/c1-2-10(9-11-3-4-12-17(11)18(22)26-21(23)25-12)14-6-7-15(32-14)19(29)24-13(20(30)31)5-8-16(27)28/h6-7,9-10,13H,2-5,8H2,1H3,(H,24,29)(H,27,28)(H,30,31)(H4,22,23,25,26)/t10?,13-/m0/s1. The SMILES string of the molecule is CCC(C=C1CCc2nc(N)nc(N)c21)c1ccc(C(=O)N[C@@H](CCC(=O)O)C(=O)O)s1. The number of anilines is 2. The lowest BCUT2D eigenvalue weighted by atomic mass is 9.98. The Hall–Kier alpha value is -3.47. The number of aromatic nitrogens is 2. The highest BCUT2D eigenvalue weighted by Gasteiger charge is 2.25. The number of fused-ring (bicyclic) bond motifs is 1. The number of carboxylic acid groups (broad SMARTS) is 2. The van der Waals surface area contributed by atoms with Crippen LogP contribution in [0.25, 0.3) is 5.57 Å². The molecule has 0 radical (unpaired) electrons. The summed E-state index contributed by atoms with van der Waals surface area (Å²) in [6, 6.07) is 2.22. The molecule has 0 aliphatic heterocycles. The molecular formula is C21H25N5O5S. The Morgan fingerprint density at radius 1 is 1.22 bits per heavy atom. The van der Waals surface area contributed by atoms with Gasteiger partial charge in [0.05, 0.1) is 10.6 Å². The number of hydrogen-bond donors (Lipinski definition) is 5. The van der Waals surface area contributed by atoms with Gasteiger partial charge >= 0.3 is 11.9 Å². The maximum Gasteiger partial charge on any atom is 0.326 e. The number of aliphatic carboxylic acids is 2. The molecule has 1 aliphatic rings. The number of nitrogens with two attached hydrogens (primary N) is 2. The van der Waals surface area contributed by atoms with E-state index >= 15 is 0 Å². The van der Waals surface area contributed by atoms with Crippen LogP contribution in [-0.2, 0) is 16.0 Å². The third-order valence-corrected chi connectivity index (χ3v) is 6.51. The molecule has 11 heteroatoms. The Morgan fingerprint density at radius 2 is 1.97 bits per heavy atom. The van der Waals surface area contributed by atoms with Crippen LogP contribution >= 0.6 is 11.3 Å². The van der Waals surface area contributed by atoms with E-state index in [1.807, 2.05) is 13.0 Å². The van der Waals surface area contributed by atoms with Crippen molar-refractivity contribution < 1.29 is 24.6 Å². The molecule has 0 bridgehead atoms. The summed E-state index contributed by atoms with van der Waals surface area (Å²) in [5.41, 5.74) is 14.5. The zero-order valence-corrected chi connectivity index (χ0v) is 18.3. The Labute approximate surface area is 188 Å². The van der Waals surface area contributed by atoms with Crippen LogP contribution in [0.3, 0.4) is 0 Å². The van der Waals surface area contributed by atoms with Crippen molar-refractivity contribution in [1.82, 2.24) is 15.3 Å². The molecule has 7 N–H and O–H groups in total. The highest BCUT2D eigenvalue weighted by molar-refractivity contribution is 7.14. The fourth-order valence-electron chi connectivity index (χ4n) is 3.69. The predicted molar refractivity (Wildman–Crippen MR) is 120 cm³/mol. The summed E-state index contributed by atoms with van der Waals surface area (Å²) >= 11 is 1.27. The van der Waals surface area contributed by atoms with Crippen LogP contribution in [-0.4, -0.2) is 44.1 Å². The molecule has 1 aliphatic carbocycles. The molecule has 170 valence electrons. The van der Waals surface area contributed by atoms with Crippen molar-refractivity contribution in [2.45, 2.75) is 51.0 Å². The molecule has 2 aromatic heterocycles. The molecular weight excluding hydrogens is 434 g/mol. The largest absolute Gasteiger partial charge is 0.481 e. The molecule has 10 nitrogen and oxygen atoms in total. The summed E-state index contributed by atoms with van der Waals surface area (Å²) in [4.78, 5) is 44.3. The quantitative estimate of drug-likeness (QED) is 0.375. The van der Waals surface area contributed by atoms with Gasteiger partial charge in [-0.2, -0.15) is 4.98 Å². The minimum atomic E-state index is -1.27. The van der Waals surface area contributed by atoms with Crippen molar-refractivity contribution in [1.29, 1.82) is 0 Å². The first-order valence-electron chi connectivity index (χ1n) is 10.2. The summed E-state index contributed by atoms with van der Waals surface area (Å²) in [7, 11) is 0. The normalized spacial score (nSPS) is 15.8. The Bertz CT molecular complexity index is 1080. The number of nitrogens with one attached hydrogen (secondary N) is 1. The molecule has 2 heterocycles. The van der Waals surface area contributed by atoms with Crippen LogP contribution < -0.4 is 16.8 Å². The predicted octanol–water partition coefficient (Wildman–Crippen LogP) is 2.27. The fraction of sp³-hybridized carbons (Fsp3) is 0.381. The number of carbonyl (C=O) groups excluding carboxylic acids is 1. The number of nitrogens with zero attached hydrogens (tertiary/aromatic N) is 2. The van der Waals surface area contributed by atoms with Crippen molar-refractivity contribution in [2.75, 3.05) is 11.5 Å². The van der Waals surface area contributed by atoms with E-state index in [9.17, 15) is 19.5 Å². The number of thiophene rings is 1. The first-order valence-corrected chi connectivity index (χ1v) is 11.0. The van der Waals surface area contributed by atoms with Gasteiger partial charge in [-0.05, 0) is 43.4 Å². The zero-order chi connectivity index (χ0) is 23.4. The van der Waals surface area contributed by atoms with Crippen molar-refractivity contribution in [3.63, 3.8) is 0 Å². The van der Waals surface area contributed by atoms with Crippen LogP contribution in [0.4, 0.5) is 11.8 Å². The molecule has 0 saturated carbocycles. The second-order valence-electron chi connectivity index (χ2n) is 7.49. The highest BCUT2D eigenvalue weighted by Crippen LogP contribution is 2.38. The number of allylic oxidation sites excluding steroid dienone is 2. The van der Waals surface area contributed by atoms with Gasteiger partial charge in [0.15, 0.2) is 0 Å². The third kappa shape index (κ3) is 5.22. The van der Waals surface area contributed by atoms with Crippen LogP contribution in [0.15, 0.2) is 18.2 Å². The molecule has 0 fully saturated rings. The van der Waals surface area contributed by atoms with E-state index in [2.05, 4.69) is 21.4 Å². The Balaban J connectivity index is 1.77. The molecule has 2 atom stereocenters. The Kier molecular flexibility index (Phi) is 7.08. The monoisotopic (exact) mass is 459 g/mol. The van der Waals surface area contributed by atoms with E-state index < -0.39 is 23.9 Å². The first-order chi connectivity index (χ1) is 15.2. The van der Waals surface area contributed by atoms with Crippen molar-refractivity contribution in [3.8, 4) is 0 Å². The number of hydrogen-bond acceptors (Lipinski definition) is 8. The van der Waals surface area contributed by atoms with Crippen molar-refractivity contribution in [2.24, 2.45) is 0 Å². The van der Waals surface area contributed by atoms with Gasteiger partial charge in [-0.1, -0.05) is 13.0 Å². The van der Waals surface area contributed by atoms with Crippen LogP contribution in [0.1, 0.15) is 64.3 Å². The van der Waals surface area contributed by atoms with E-state index in [-0.39, 0.29) is 24.7 Å². The zero-order valence-electron chi connectivity index (χ0n) is 17.5. The maximum atomic E-state index is 12.5. The van der Waals surface area contributed by atoms with Crippen LogP contribution in [0.5, 0.6) is 0 Å². The number of amides is 1. The van der Waals surface area contributed by atoms with Crippen molar-refractivity contribution >= 4 is 46.5 Å². The average molecular weight is 460 g/mol. The topological polar surface area (TPSA) is 182 Å². The lowest BCUT2D eigenvalue weighted by molar-refractivity contribution is -0.140. The van der Waals surface area contributed by atoms with Gasteiger partial charge in [0.25, 0.3) is 5.91 Å². The minimum Gasteiger partial charge on any atom is -0.481 e. The number of aryl methyl sites for hydroxylation is 1. The minimum absolute atomic E-state index is 0.0294. The lowest BCUT2D eigenvalue weighted by Gasteiger charge is -2.13. The number of carboxylic acids is 2. The van der Waals surface area contributed by atoms with E-state index in [1.54, 1.807) is 6.07 Å². The smallest absolute Gasteiger partial charge is 0.326 e. The first kappa shape index (κ1) is 23.2. The van der Waals surface area contributed by atoms with Gasteiger partial charge < -0.3 is 27.0 Å². The molecule has 1 unspecified atom stereocenters. The van der Waals surface area contributed by atoms with Gasteiger partial charge in [-0.25, -0.2) is 9.78 Å². The van der Waals surface area contributed by atoms with E-state index in [0.717, 1.165) is 41.0 Å². The summed E-state index contributed by atoms with van der Waals surface area (Å²) in [6.07, 6.45) is 3.87. The molecule has 0 saturated heterocycles. The van der Waals surface area contributed by atoms with Crippen LogP contribution in [0.2, 0.25) is 0 Å². The molecule has 2 aromatic rings. The molecule has 1 amide bonds. The molecule has 3 rings (SSSR count). The van der Waals surface area contributed by atoms with E-state index in [1.165, 1.54) is 11.3 Å². The average Bonchev–Trinajstić information content (AvgIpc) is 3.36. The van der Waals surface area contributed by atoms with E-state index in [4.69, 9.17) is 16.6 Å². The molecule has 0 aromatic carbocycles. The maximum absolute atomic E-state index is 12.5. The van der Waals surface area contributed by atoms with Gasteiger partial charge in [-0.3, -0.25) is 9.59 Å². The van der Waals surface area contributed by atoms with Gasteiger partial charge in [0.2, 0.25) is 5.95 Å². The lowest BCUT2D eigenvalue weighted by Crippen LogP contribution is -2.40. The number of nitrogen functional groups attached to an aromatic ring is 2. The fourth-order valence-corrected chi connectivity index (χ4v) is 4.76.